The van der Waals surface area contributed by atoms with Crippen LogP contribution in [0.25, 0.3) is 10.9 Å². The maximum atomic E-state index is 3.51. The Kier molecular flexibility index (Phi) is 4.68. The summed E-state index contributed by atoms with van der Waals surface area (Å²) in [5, 5.41) is 1.36. The maximum Gasteiger partial charge on any atom is 0.0482 e. The molecular weight excluding hydrogens is 334 g/mol. The Labute approximate surface area is 141 Å². The van der Waals surface area contributed by atoms with Crippen molar-refractivity contribution in [3.63, 3.8) is 0 Å². The fourth-order valence-electron chi connectivity index (χ4n) is 2.99. The second kappa shape index (κ2) is 6.70. The van der Waals surface area contributed by atoms with Gasteiger partial charge in [0, 0.05) is 34.0 Å². The van der Waals surface area contributed by atoms with Gasteiger partial charge in [0.1, 0.15) is 0 Å². The summed E-state index contributed by atoms with van der Waals surface area (Å²) in [6, 6.07) is 17.8. The van der Waals surface area contributed by atoms with Crippen molar-refractivity contribution in [3.05, 3.63) is 69.8 Å². The molecule has 0 atom stereocenters. The number of benzene rings is 2. The lowest BCUT2D eigenvalue weighted by Crippen LogP contribution is -2.03. The molecule has 0 amide bonds. The molecular formula is C20H22BrN. The molecule has 0 saturated heterocycles. The topological polar surface area (TPSA) is 4.93 Å². The van der Waals surface area contributed by atoms with Crippen molar-refractivity contribution in [1.29, 1.82) is 0 Å². The average Bonchev–Trinajstić information content (AvgIpc) is 2.83. The Bertz CT molecular complexity index is 768. The molecule has 1 nitrogen and oxygen atoms in total. The quantitative estimate of drug-likeness (QED) is 0.520. The minimum absolute atomic E-state index is 0.991. The standard InChI is InChI=1S/C20H22BrN/c1-3-4-11-22-19(13-16-6-8-18(21)9-7-16)14-17-12-15(2)5-10-20(17)22/h5-10,12,14H,3-4,11,13H2,1-2H3. The van der Waals surface area contributed by atoms with Crippen molar-refractivity contribution in [1.82, 2.24) is 4.57 Å². The molecule has 1 aromatic heterocycles. The number of unbranched alkanes of at least 4 members (excludes halogenated alkanes) is 1. The molecule has 0 N–H and O–H groups in total. The molecule has 0 fully saturated rings. The van der Waals surface area contributed by atoms with Gasteiger partial charge in [-0.2, -0.15) is 0 Å². The van der Waals surface area contributed by atoms with E-state index in [1.807, 2.05) is 0 Å². The molecule has 3 aromatic rings. The molecule has 0 radical (unpaired) electrons. The number of hydrogen-bond acceptors (Lipinski definition) is 0. The maximum absolute atomic E-state index is 3.51. The number of rotatable bonds is 5. The highest BCUT2D eigenvalue weighted by atomic mass is 79.9. The fraction of sp³-hybridized carbons (Fsp3) is 0.300. The predicted octanol–water partition coefficient (Wildman–Crippen LogP) is 6.10. The Morgan fingerprint density at radius 2 is 1.77 bits per heavy atom. The van der Waals surface area contributed by atoms with Gasteiger partial charge in [-0.15, -0.1) is 0 Å². The van der Waals surface area contributed by atoms with Crippen molar-refractivity contribution in [2.24, 2.45) is 0 Å². The van der Waals surface area contributed by atoms with Gasteiger partial charge in [-0.1, -0.05) is 53.0 Å². The molecule has 0 spiro atoms. The van der Waals surface area contributed by atoms with Gasteiger partial charge >= 0.3 is 0 Å². The third-order valence-corrected chi connectivity index (χ3v) is 4.71. The molecule has 0 aliphatic heterocycles. The lowest BCUT2D eigenvalue weighted by Gasteiger charge is -2.11. The molecule has 0 saturated carbocycles. The van der Waals surface area contributed by atoms with Crippen LogP contribution in [0.3, 0.4) is 0 Å². The van der Waals surface area contributed by atoms with Crippen LogP contribution in [0.2, 0.25) is 0 Å². The van der Waals surface area contributed by atoms with Gasteiger partial charge in [0.2, 0.25) is 0 Å². The Hall–Kier alpha value is -1.54. The van der Waals surface area contributed by atoms with E-state index in [0.717, 1.165) is 17.4 Å². The third kappa shape index (κ3) is 3.27. The first-order valence-electron chi connectivity index (χ1n) is 8.00. The summed E-state index contributed by atoms with van der Waals surface area (Å²) in [6.45, 7) is 5.52. The fourth-order valence-corrected chi connectivity index (χ4v) is 3.25. The second-order valence-corrected chi connectivity index (χ2v) is 6.92. The highest BCUT2D eigenvalue weighted by Crippen LogP contribution is 2.24. The van der Waals surface area contributed by atoms with Gasteiger partial charge in [-0.3, -0.25) is 0 Å². The zero-order valence-electron chi connectivity index (χ0n) is 13.3. The second-order valence-electron chi connectivity index (χ2n) is 6.01. The molecule has 0 aliphatic carbocycles. The van der Waals surface area contributed by atoms with E-state index in [9.17, 15) is 0 Å². The number of nitrogens with zero attached hydrogens (tertiary/aromatic N) is 1. The molecule has 3 rings (SSSR count). The SMILES string of the molecule is CCCCn1c(Cc2ccc(Br)cc2)cc2cc(C)ccc21. The number of hydrogen-bond donors (Lipinski definition) is 0. The smallest absolute Gasteiger partial charge is 0.0482 e. The van der Waals surface area contributed by atoms with Crippen LogP contribution in [0, 0.1) is 6.92 Å². The lowest BCUT2D eigenvalue weighted by molar-refractivity contribution is 0.631. The lowest BCUT2D eigenvalue weighted by atomic mass is 10.1. The van der Waals surface area contributed by atoms with Gasteiger partial charge in [-0.25, -0.2) is 0 Å². The van der Waals surface area contributed by atoms with Crippen molar-refractivity contribution in [2.45, 2.75) is 39.7 Å². The number of aromatic nitrogens is 1. The third-order valence-electron chi connectivity index (χ3n) is 4.18. The number of halogens is 1. The summed E-state index contributed by atoms with van der Waals surface area (Å²) in [5.74, 6) is 0. The van der Waals surface area contributed by atoms with Gasteiger partial charge in [0.05, 0.1) is 0 Å². The molecule has 0 bridgehead atoms. The van der Waals surface area contributed by atoms with Crippen LogP contribution in [0.1, 0.15) is 36.6 Å². The van der Waals surface area contributed by atoms with E-state index >= 15 is 0 Å². The Morgan fingerprint density at radius 1 is 1.00 bits per heavy atom. The zero-order valence-corrected chi connectivity index (χ0v) is 14.9. The van der Waals surface area contributed by atoms with Crippen LogP contribution in [0.5, 0.6) is 0 Å². The summed E-state index contributed by atoms with van der Waals surface area (Å²) < 4.78 is 3.64. The van der Waals surface area contributed by atoms with Crippen molar-refractivity contribution < 1.29 is 0 Å². The molecule has 22 heavy (non-hydrogen) atoms. The monoisotopic (exact) mass is 355 g/mol. The summed E-state index contributed by atoms with van der Waals surface area (Å²) in [4.78, 5) is 0. The van der Waals surface area contributed by atoms with Gasteiger partial charge in [0.15, 0.2) is 0 Å². The summed E-state index contributed by atoms with van der Waals surface area (Å²) in [7, 11) is 0. The largest absolute Gasteiger partial charge is 0.344 e. The van der Waals surface area contributed by atoms with E-state index in [1.165, 1.54) is 40.6 Å². The Morgan fingerprint density at radius 3 is 2.50 bits per heavy atom. The highest BCUT2D eigenvalue weighted by Gasteiger charge is 2.09. The van der Waals surface area contributed by atoms with E-state index in [-0.39, 0.29) is 0 Å². The molecule has 1 heterocycles. The molecule has 114 valence electrons. The van der Waals surface area contributed by atoms with E-state index in [2.05, 4.69) is 82.9 Å². The molecule has 2 aromatic carbocycles. The van der Waals surface area contributed by atoms with Crippen LogP contribution in [0.15, 0.2) is 53.0 Å². The average molecular weight is 356 g/mol. The van der Waals surface area contributed by atoms with Crippen molar-refractivity contribution >= 4 is 26.8 Å². The van der Waals surface area contributed by atoms with E-state index in [4.69, 9.17) is 0 Å². The van der Waals surface area contributed by atoms with Crippen LogP contribution in [-0.4, -0.2) is 4.57 Å². The van der Waals surface area contributed by atoms with Crippen LogP contribution < -0.4 is 0 Å². The summed E-state index contributed by atoms with van der Waals surface area (Å²) in [5.41, 5.74) is 5.47. The molecule has 0 unspecified atom stereocenters. The van der Waals surface area contributed by atoms with Crippen LogP contribution >= 0.6 is 15.9 Å². The summed E-state index contributed by atoms with van der Waals surface area (Å²) >= 11 is 3.51. The Balaban J connectivity index is 2.00. The number of fused-ring (bicyclic) bond motifs is 1. The zero-order chi connectivity index (χ0) is 15.5. The first-order chi connectivity index (χ1) is 10.7. The summed E-state index contributed by atoms with van der Waals surface area (Å²) in [6.07, 6.45) is 3.44. The van der Waals surface area contributed by atoms with Crippen molar-refractivity contribution in [3.8, 4) is 0 Å². The van der Waals surface area contributed by atoms with E-state index in [1.54, 1.807) is 0 Å². The highest BCUT2D eigenvalue weighted by molar-refractivity contribution is 9.10. The minimum atomic E-state index is 0.991. The number of aryl methyl sites for hydroxylation is 2. The van der Waals surface area contributed by atoms with Crippen molar-refractivity contribution in [2.75, 3.05) is 0 Å². The van der Waals surface area contributed by atoms with E-state index < -0.39 is 0 Å². The predicted molar refractivity (Wildman–Crippen MR) is 98.5 cm³/mol. The first-order valence-corrected chi connectivity index (χ1v) is 8.80. The van der Waals surface area contributed by atoms with E-state index in [0.29, 0.717) is 0 Å². The normalized spacial score (nSPS) is 11.2. The minimum Gasteiger partial charge on any atom is -0.344 e. The first kappa shape index (κ1) is 15.4. The molecule has 0 aliphatic rings. The van der Waals surface area contributed by atoms with Crippen LogP contribution in [0.4, 0.5) is 0 Å². The van der Waals surface area contributed by atoms with Gasteiger partial charge in [-0.05, 0) is 49.2 Å². The molecule has 2 heteroatoms. The van der Waals surface area contributed by atoms with Crippen LogP contribution in [-0.2, 0) is 13.0 Å². The van der Waals surface area contributed by atoms with Gasteiger partial charge in [0.25, 0.3) is 0 Å². The van der Waals surface area contributed by atoms with Gasteiger partial charge < -0.3 is 4.57 Å².